The molecule has 0 bridgehead atoms. The van der Waals surface area contributed by atoms with E-state index in [1.165, 1.54) is 6.20 Å². The van der Waals surface area contributed by atoms with E-state index in [1.54, 1.807) is 35.1 Å². The van der Waals surface area contributed by atoms with E-state index in [4.69, 9.17) is 26.3 Å². The molecule has 40 heavy (non-hydrogen) atoms. The summed E-state index contributed by atoms with van der Waals surface area (Å²) in [6, 6.07) is 11.4. The molecule has 1 amide bonds. The summed E-state index contributed by atoms with van der Waals surface area (Å²) in [6.07, 6.45) is 9.35. The van der Waals surface area contributed by atoms with Crippen LogP contribution in [0.4, 0.5) is 11.6 Å². The van der Waals surface area contributed by atoms with Crippen molar-refractivity contribution in [2.45, 2.75) is 13.0 Å². The number of carbonyl (C=O) groups is 1. The van der Waals surface area contributed by atoms with Crippen LogP contribution in [0.15, 0.2) is 48.8 Å². The normalized spacial score (nSPS) is 13.4. The lowest BCUT2D eigenvalue weighted by atomic mass is 10.1. The minimum absolute atomic E-state index is 0.260. The van der Waals surface area contributed by atoms with Crippen molar-refractivity contribution in [1.29, 1.82) is 0 Å². The number of pyridine rings is 1. The number of morpholine rings is 1. The minimum atomic E-state index is -0.616. The molecule has 6 rings (SSSR count). The first-order valence-corrected chi connectivity index (χ1v) is 13.6. The van der Waals surface area contributed by atoms with Crippen LogP contribution in [0.3, 0.4) is 0 Å². The van der Waals surface area contributed by atoms with Crippen LogP contribution in [-0.2, 0) is 11.3 Å². The van der Waals surface area contributed by atoms with Crippen molar-refractivity contribution in [2.75, 3.05) is 42.6 Å². The quantitative estimate of drug-likeness (QED) is 0.149. The van der Waals surface area contributed by atoms with E-state index < -0.39 is 5.91 Å². The van der Waals surface area contributed by atoms with Crippen LogP contribution in [0.5, 0.6) is 0 Å². The van der Waals surface area contributed by atoms with Crippen molar-refractivity contribution in [3.63, 3.8) is 0 Å². The number of ether oxygens (including phenoxy) is 1. The number of hydrogen-bond acceptors (Lipinski definition) is 10. The molecule has 1 aliphatic heterocycles. The molecule has 5 heterocycles. The third-order valence-electron chi connectivity index (χ3n) is 6.75. The summed E-state index contributed by atoms with van der Waals surface area (Å²) >= 11 is 1.65. The standard InChI is InChI=1S/C28H26N8O3S/c1-2-3-9-36(24-8-7-18(15-29-24)28(37)34-38)17-19-14-23-25(40-19)27(35-10-12-39-13-11-35)32-26(31-23)20-5-4-6-22-21(20)16-30-33-22/h1,4-8,14-16,38H,3,9-13,17H2,(H,30,33)(H,34,37). The predicted molar refractivity (Wildman–Crippen MR) is 154 cm³/mol. The molecule has 0 radical (unpaired) electrons. The maximum Gasteiger partial charge on any atom is 0.276 e. The molecular weight excluding hydrogens is 528 g/mol. The molecule has 1 saturated heterocycles. The van der Waals surface area contributed by atoms with Crippen LogP contribution >= 0.6 is 11.3 Å². The Kier molecular flexibility index (Phi) is 7.24. The van der Waals surface area contributed by atoms with E-state index in [-0.39, 0.29) is 5.56 Å². The Morgan fingerprint density at radius 2 is 2.10 bits per heavy atom. The molecule has 0 atom stereocenters. The summed E-state index contributed by atoms with van der Waals surface area (Å²) in [5.41, 5.74) is 4.60. The lowest BCUT2D eigenvalue weighted by Gasteiger charge is -2.28. The number of H-pyrrole nitrogens is 1. The molecule has 1 aliphatic rings. The van der Waals surface area contributed by atoms with Crippen LogP contribution in [0.25, 0.3) is 32.5 Å². The number of rotatable bonds is 8. The highest BCUT2D eigenvalue weighted by molar-refractivity contribution is 7.19. The number of benzene rings is 1. The fourth-order valence-electron chi connectivity index (χ4n) is 4.75. The Morgan fingerprint density at radius 1 is 1.23 bits per heavy atom. The Balaban J connectivity index is 1.40. The molecule has 4 aromatic heterocycles. The molecule has 5 aromatic rings. The number of aromatic amines is 1. The topological polar surface area (TPSA) is 132 Å². The van der Waals surface area contributed by atoms with E-state index in [0.29, 0.717) is 44.4 Å². The van der Waals surface area contributed by atoms with Gasteiger partial charge in [-0.1, -0.05) is 12.1 Å². The summed E-state index contributed by atoms with van der Waals surface area (Å²) in [7, 11) is 0. The number of hydroxylamine groups is 1. The molecule has 0 saturated carbocycles. The van der Waals surface area contributed by atoms with Crippen LogP contribution in [0.2, 0.25) is 0 Å². The molecule has 12 heteroatoms. The average Bonchev–Trinajstić information content (AvgIpc) is 3.65. The number of carbonyl (C=O) groups excluding carboxylic acids is 1. The third kappa shape index (κ3) is 5.05. The number of terminal acetylenes is 1. The lowest BCUT2D eigenvalue weighted by molar-refractivity contribution is 0.0706. The van der Waals surface area contributed by atoms with Crippen LogP contribution in [0, 0.1) is 12.3 Å². The zero-order chi connectivity index (χ0) is 27.5. The lowest BCUT2D eigenvalue weighted by Crippen LogP contribution is -2.36. The molecule has 11 nitrogen and oxygen atoms in total. The Morgan fingerprint density at radius 3 is 2.88 bits per heavy atom. The van der Waals surface area contributed by atoms with Gasteiger partial charge < -0.3 is 14.5 Å². The second-order valence-corrected chi connectivity index (χ2v) is 10.4. The van der Waals surface area contributed by atoms with E-state index >= 15 is 0 Å². The van der Waals surface area contributed by atoms with Gasteiger partial charge in [-0.3, -0.25) is 15.1 Å². The number of nitrogens with zero attached hydrogens (tertiary/aromatic N) is 6. The first-order valence-electron chi connectivity index (χ1n) is 12.8. The van der Waals surface area contributed by atoms with Gasteiger partial charge in [-0.25, -0.2) is 20.4 Å². The summed E-state index contributed by atoms with van der Waals surface area (Å²) in [4.78, 5) is 31.7. The smallest absolute Gasteiger partial charge is 0.276 e. The van der Waals surface area contributed by atoms with Gasteiger partial charge in [-0.2, -0.15) is 5.10 Å². The van der Waals surface area contributed by atoms with Crippen molar-refractivity contribution in [2.24, 2.45) is 0 Å². The Hall–Kier alpha value is -4.57. The highest BCUT2D eigenvalue weighted by Gasteiger charge is 2.22. The summed E-state index contributed by atoms with van der Waals surface area (Å²) in [6.45, 7) is 3.93. The number of nitrogens with one attached hydrogen (secondary N) is 2. The van der Waals surface area contributed by atoms with Gasteiger partial charge >= 0.3 is 0 Å². The van der Waals surface area contributed by atoms with E-state index in [0.717, 1.165) is 50.5 Å². The minimum Gasteiger partial charge on any atom is -0.378 e. The first-order chi connectivity index (χ1) is 19.6. The molecular formula is C28H26N8O3S. The molecule has 0 unspecified atom stereocenters. The van der Waals surface area contributed by atoms with E-state index in [9.17, 15) is 4.79 Å². The van der Waals surface area contributed by atoms with E-state index in [2.05, 4.69) is 37.0 Å². The predicted octanol–water partition coefficient (Wildman–Crippen LogP) is 3.62. The molecule has 0 aliphatic carbocycles. The number of anilines is 2. The maximum atomic E-state index is 11.7. The Bertz CT molecular complexity index is 1700. The highest BCUT2D eigenvalue weighted by atomic mass is 32.1. The summed E-state index contributed by atoms with van der Waals surface area (Å²) < 4.78 is 6.62. The van der Waals surface area contributed by atoms with Gasteiger partial charge in [0, 0.05) is 48.1 Å². The van der Waals surface area contributed by atoms with Crippen LogP contribution in [-0.4, -0.2) is 69.1 Å². The largest absolute Gasteiger partial charge is 0.378 e. The van der Waals surface area contributed by atoms with Crippen molar-refractivity contribution in [3.05, 3.63) is 59.2 Å². The van der Waals surface area contributed by atoms with Gasteiger partial charge in [-0.05, 0) is 24.3 Å². The second-order valence-electron chi connectivity index (χ2n) is 9.26. The van der Waals surface area contributed by atoms with Gasteiger partial charge in [0.15, 0.2) is 11.6 Å². The van der Waals surface area contributed by atoms with Crippen molar-refractivity contribution in [1.82, 2.24) is 30.6 Å². The number of fused-ring (bicyclic) bond motifs is 2. The van der Waals surface area contributed by atoms with Crippen LogP contribution in [0.1, 0.15) is 21.7 Å². The van der Waals surface area contributed by atoms with Crippen molar-refractivity contribution >= 4 is 50.0 Å². The van der Waals surface area contributed by atoms with E-state index in [1.807, 2.05) is 18.2 Å². The van der Waals surface area contributed by atoms with Gasteiger partial charge in [-0.15, -0.1) is 23.7 Å². The van der Waals surface area contributed by atoms with Gasteiger partial charge in [0.2, 0.25) is 0 Å². The molecule has 1 aromatic carbocycles. The molecule has 3 N–H and O–H groups in total. The van der Waals surface area contributed by atoms with Crippen molar-refractivity contribution < 1.29 is 14.7 Å². The monoisotopic (exact) mass is 554 g/mol. The number of aromatic nitrogens is 5. The average molecular weight is 555 g/mol. The summed E-state index contributed by atoms with van der Waals surface area (Å²) in [5.74, 6) is 4.30. The highest BCUT2D eigenvalue weighted by Crippen LogP contribution is 2.36. The van der Waals surface area contributed by atoms with Crippen molar-refractivity contribution in [3.8, 4) is 23.7 Å². The van der Waals surface area contributed by atoms with Gasteiger partial charge in [0.1, 0.15) is 5.82 Å². The molecule has 202 valence electrons. The fraction of sp³-hybridized carbons (Fsp3) is 0.250. The molecule has 1 fully saturated rings. The fourth-order valence-corrected chi connectivity index (χ4v) is 5.88. The second kappa shape index (κ2) is 11.3. The Labute approximate surface area is 233 Å². The maximum absolute atomic E-state index is 11.7. The van der Waals surface area contributed by atoms with Gasteiger partial charge in [0.25, 0.3) is 5.91 Å². The first kappa shape index (κ1) is 25.7. The summed E-state index contributed by atoms with van der Waals surface area (Å²) in [5, 5.41) is 17.1. The zero-order valence-electron chi connectivity index (χ0n) is 21.5. The van der Waals surface area contributed by atoms with Crippen LogP contribution < -0.4 is 15.3 Å². The molecule has 0 spiro atoms. The van der Waals surface area contributed by atoms with Gasteiger partial charge in [0.05, 0.1) is 47.3 Å². The zero-order valence-corrected chi connectivity index (χ0v) is 22.3. The number of amides is 1. The number of hydrogen-bond donors (Lipinski definition) is 3. The third-order valence-corrected chi connectivity index (χ3v) is 7.85. The number of thiophene rings is 1. The SMILES string of the molecule is C#CCCN(Cc1cc2nc(-c3cccc4[nH]ncc34)nc(N3CCOCC3)c2s1)c1ccc(C(=O)NO)cn1.